The first-order valence-electron chi connectivity index (χ1n) is 5.68. The van der Waals surface area contributed by atoms with Crippen LogP contribution in [0.25, 0.3) is 0 Å². The first kappa shape index (κ1) is 14.8. The number of carboxylic acid groups (broad SMARTS) is 1. The first-order valence-corrected chi connectivity index (χ1v) is 5.68. The number of unbranched alkanes of at least 4 members (excludes halogenated alkanes) is 4. The van der Waals surface area contributed by atoms with Crippen LogP contribution in [0.5, 0.6) is 0 Å². The van der Waals surface area contributed by atoms with E-state index in [1.807, 2.05) is 0 Å². The van der Waals surface area contributed by atoms with Gasteiger partial charge in [0.1, 0.15) is 6.29 Å². The highest BCUT2D eigenvalue weighted by Gasteiger charge is 1.99. The molecule has 0 aromatic rings. The number of hydrogen-bond donors (Lipinski definition) is 2. The standard InChI is InChI=1S/C12H20O4/c13-10-6-8-11(14)7-4-2-1-3-5-9-12(15)16/h6,8,10-11,14H,1-5,7,9H2,(H,15,16)/b8-6+. The second-order valence-corrected chi connectivity index (χ2v) is 3.79. The van der Waals surface area contributed by atoms with E-state index in [1.165, 1.54) is 12.2 Å². The predicted molar refractivity (Wildman–Crippen MR) is 61.2 cm³/mol. The number of allylic oxidation sites excluding steroid dienone is 1. The molecule has 0 aliphatic carbocycles. The molecule has 0 fully saturated rings. The minimum atomic E-state index is -0.741. The van der Waals surface area contributed by atoms with Crippen LogP contribution < -0.4 is 0 Å². The van der Waals surface area contributed by atoms with Gasteiger partial charge >= 0.3 is 5.97 Å². The summed E-state index contributed by atoms with van der Waals surface area (Å²) in [6.45, 7) is 0. The Morgan fingerprint density at radius 1 is 1.12 bits per heavy atom. The van der Waals surface area contributed by atoms with Gasteiger partial charge in [-0.1, -0.05) is 31.8 Å². The lowest BCUT2D eigenvalue weighted by Crippen LogP contribution is -2.01. The number of aliphatic carboxylic acids is 1. The number of carboxylic acids is 1. The van der Waals surface area contributed by atoms with Gasteiger partial charge in [-0.3, -0.25) is 9.59 Å². The van der Waals surface area contributed by atoms with E-state index in [2.05, 4.69) is 0 Å². The van der Waals surface area contributed by atoms with Crippen molar-refractivity contribution in [1.29, 1.82) is 0 Å². The molecule has 0 spiro atoms. The van der Waals surface area contributed by atoms with E-state index in [0.29, 0.717) is 12.7 Å². The van der Waals surface area contributed by atoms with Crippen LogP contribution >= 0.6 is 0 Å². The van der Waals surface area contributed by atoms with Gasteiger partial charge < -0.3 is 10.2 Å². The van der Waals surface area contributed by atoms with Crippen LogP contribution in [0.2, 0.25) is 0 Å². The van der Waals surface area contributed by atoms with Crippen molar-refractivity contribution in [1.82, 2.24) is 0 Å². The van der Waals surface area contributed by atoms with Gasteiger partial charge in [0.15, 0.2) is 0 Å². The third kappa shape index (κ3) is 10.9. The molecule has 4 nitrogen and oxygen atoms in total. The molecule has 0 aromatic heterocycles. The summed E-state index contributed by atoms with van der Waals surface area (Å²) in [7, 11) is 0. The summed E-state index contributed by atoms with van der Waals surface area (Å²) < 4.78 is 0. The molecule has 0 bridgehead atoms. The SMILES string of the molecule is O=C/C=C/C(O)CCCCCCCC(=O)O. The zero-order valence-corrected chi connectivity index (χ0v) is 9.47. The lowest BCUT2D eigenvalue weighted by Gasteiger charge is -2.04. The maximum Gasteiger partial charge on any atom is 0.303 e. The molecule has 0 saturated heterocycles. The summed E-state index contributed by atoms with van der Waals surface area (Å²) in [5.41, 5.74) is 0. The normalized spacial score (nSPS) is 12.8. The van der Waals surface area contributed by atoms with Gasteiger partial charge in [-0.15, -0.1) is 0 Å². The lowest BCUT2D eigenvalue weighted by atomic mass is 10.1. The number of rotatable bonds is 10. The fourth-order valence-corrected chi connectivity index (χ4v) is 1.43. The monoisotopic (exact) mass is 228 g/mol. The molecule has 92 valence electrons. The highest BCUT2D eigenvalue weighted by Crippen LogP contribution is 2.09. The zero-order chi connectivity index (χ0) is 12.2. The van der Waals surface area contributed by atoms with E-state index in [0.717, 1.165) is 32.1 Å². The maximum absolute atomic E-state index is 10.2. The van der Waals surface area contributed by atoms with E-state index >= 15 is 0 Å². The molecular weight excluding hydrogens is 208 g/mol. The van der Waals surface area contributed by atoms with Crippen molar-refractivity contribution in [2.24, 2.45) is 0 Å². The fraction of sp³-hybridized carbons (Fsp3) is 0.667. The molecule has 4 heteroatoms. The van der Waals surface area contributed by atoms with Gasteiger partial charge in [-0.05, 0) is 18.9 Å². The summed E-state index contributed by atoms with van der Waals surface area (Å²) in [6.07, 6.45) is 8.33. The minimum Gasteiger partial charge on any atom is -0.481 e. The summed E-state index contributed by atoms with van der Waals surface area (Å²) in [5, 5.41) is 17.7. The lowest BCUT2D eigenvalue weighted by molar-refractivity contribution is -0.137. The van der Waals surface area contributed by atoms with Crippen LogP contribution in [-0.2, 0) is 9.59 Å². The maximum atomic E-state index is 10.2. The van der Waals surface area contributed by atoms with Crippen LogP contribution in [0.15, 0.2) is 12.2 Å². The Kier molecular flexibility index (Phi) is 9.61. The number of aldehydes is 1. The van der Waals surface area contributed by atoms with Crippen LogP contribution in [0.1, 0.15) is 44.9 Å². The van der Waals surface area contributed by atoms with E-state index < -0.39 is 12.1 Å². The largest absolute Gasteiger partial charge is 0.481 e. The number of aliphatic hydroxyl groups is 1. The third-order valence-corrected chi connectivity index (χ3v) is 2.30. The average molecular weight is 228 g/mol. The smallest absolute Gasteiger partial charge is 0.303 e. The highest BCUT2D eigenvalue weighted by atomic mass is 16.4. The highest BCUT2D eigenvalue weighted by molar-refractivity contribution is 5.66. The topological polar surface area (TPSA) is 74.6 Å². The van der Waals surface area contributed by atoms with Gasteiger partial charge in [0.2, 0.25) is 0 Å². The van der Waals surface area contributed by atoms with Crippen LogP contribution in [0.3, 0.4) is 0 Å². The van der Waals surface area contributed by atoms with Crippen molar-refractivity contribution in [3.05, 3.63) is 12.2 Å². The Morgan fingerprint density at radius 2 is 1.75 bits per heavy atom. The van der Waals surface area contributed by atoms with E-state index in [9.17, 15) is 14.7 Å². The molecule has 16 heavy (non-hydrogen) atoms. The summed E-state index contributed by atoms with van der Waals surface area (Å²) in [6, 6.07) is 0. The Bertz CT molecular complexity index is 223. The van der Waals surface area contributed by atoms with E-state index in [4.69, 9.17) is 5.11 Å². The number of aliphatic hydroxyl groups excluding tert-OH is 1. The van der Waals surface area contributed by atoms with Crippen LogP contribution in [0.4, 0.5) is 0 Å². The molecular formula is C12H20O4. The van der Waals surface area contributed by atoms with Crippen molar-refractivity contribution in [2.75, 3.05) is 0 Å². The van der Waals surface area contributed by atoms with Crippen molar-refractivity contribution in [3.8, 4) is 0 Å². The Hall–Kier alpha value is -1.16. The number of carbonyl (C=O) groups excluding carboxylic acids is 1. The van der Waals surface area contributed by atoms with Crippen molar-refractivity contribution in [3.63, 3.8) is 0 Å². The molecule has 0 heterocycles. The Morgan fingerprint density at radius 3 is 2.38 bits per heavy atom. The molecule has 0 radical (unpaired) electrons. The molecule has 1 unspecified atom stereocenters. The van der Waals surface area contributed by atoms with E-state index in [1.54, 1.807) is 0 Å². The molecule has 0 aliphatic heterocycles. The second-order valence-electron chi connectivity index (χ2n) is 3.79. The Labute approximate surface area is 96.0 Å². The third-order valence-electron chi connectivity index (χ3n) is 2.30. The average Bonchev–Trinajstić information content (AvgIpc) is 2.24. The van der Waals surface area contributed by atoms with Gasteiger partial charge in [-0.2, -0.15) is 0 Å². The van der Waals surface area contributed by atoms with Gasteiger partial charge in [0.05, 0.1) is 6.10 Å². The molecule has 0 aliphatic rings. The van der Waals surface area contributed by atoms with Gasteiger partial charge in [0.25, 0.3) is 0 Å². The number of carbonyl (C=O) groups is 2. The quantitative estimate of drug-likeness (QED) is 0.340. The summed E-state index contributed by atoms with van der Waals surface area (Å²) in [4.78, 5) is 20.2. The second kappa shape index (κ2) is 10.4. The van der Waals surface area contributed by atoms with Crippen LogP contribution in [0, 0.1) is 0 Å². The van der Waals surface area contributed by atoms with Crippen molar-refractivity contribution in [2.45, 2.75) is 51.0 Å². The summed E-state index contributed by atoms with van der Waals surface area (Å²) >= 11 is 0. The zero-order valence-electron chi connectivity index (χ0n) is 9.47. The number of hydrogen-bond acceptors (Lipinski definition) is 3. The summed E-state index contributed by atoms with van der Waals surface area (Å²) in [5.74, 6) is -0.741. The Balaban J connectivity index is 3.23. The van der Waals surface area contributed by atoms with Crippen molar-refractivity contribution >= 4 is 12.3 Å². The molecule has 0 saturated carbocycles. The van der Waals surface area contributed by atoms with Crippen LogP contribution in [-0.4, -0.2) is 28.6 Å². The predicted octanol–water partition coefficient (Wildman–Crippen LogP) is 1.92. The molecule has 0 aromatic carbocycles. The molecule has 0 amide bonds. The first-order chi connectivity index (χ1) is 7.66. The molecule has 1 atom stereocenters. The van der Waals surface area contributed by atoms with Gasteiger partial charge in [0, 0.05) is 6.42 Å². The van der Waals surface area contributed by atoms with Crippen molar-refractivity contribution < 1.29 is 19.8 Å². The molecule has 2 N–H and O–H groups in total. The van der Waals surface area contributed by atoms with E-state index in [-0.39, 0.29) is 6.42 Å². The minimum absolute atomic E-state index is 0.241. The fourth-order valence-electron chi connectivity index (χ4n) is 1.43. The van der Waals surface area contributed by atoms with Gasteiger partial charge in [-0.25, -0.2) is 0 Å². The molecule has 0 rings (SSSR count).